The van der Waals surface area contributed by atoms with E-state index in [-0.39, 0.29) is 5.63 Å². The third kappa shape index (κ3) is 2.89. The lowest BCUT2D eigenvalue weighted by atomic mass is 10.1. The summed E-state index contributed by atoms with van der Waals surface area (Å²) in [4.78, 5) is 26.6. The summed E-state index contributed by atoms with van der Waals surface area (Å²) in [6.07, 6.45) is 8.05. The SMILES string of the molecule is Cc1cn2cc(-c3cc4ccc(N5CCN6CCC[C@@H]6C5)cc4c(=O)o3)nc2cn1. The lowest BCUT2D eigenvalue weighted by molar-refractivity contribution is 0.231. The van der Waals surface area contributed by atoms with Crippen LogP contribution < -0.4 is 10.5 Å². The Morgan fingerprint density at radius 3 is 3.00 bits per heavy atom. The van der Waals surface area contributed by atoms with Crippen LogP contribution in [0.4, 0.5) is 5.69 Å². The van der Waals surface area contributed by atoms with E-state index in [0.29, 0.717) is 22.9 Å². The minimum absolute atomic E-state index is 0.324. The first-order chi connectivity index (χ1) is 14.6. The molecule has 0 aliphatic carbocycles. The van der Waals surface area contributed by atoms with Crippen molar-refractivity contribution in [3.05, 3.63) is 59.0 Å². The quantitative estimate of drug-likeness (QED) is 0.514. The van der Waals surface area contributed by atoms with Crippen LogP contribution in [0, 0.1) is 6.92 Å². The Kier molecular flexibility index (Phi) is 3.92. The molecule has 7 heteroatoms. The summed E-state index contributed by atoms with van der Waals surface area (Å²) >= 11 is 0. The predicted molar refractivity (Wildman–Crippen MR) is 116 cm³/mol. The van der Waals surface area contributed by atoms with Crippen molar-refractivity contribution >= 4 is 22.1 Å². The Morgan fingerprint density at radius 2 is 2.07 bits per heavy atom. The number of aryl methyl sites for hydroxylation is 1. The van der Waals surface area contributed by atoms with Gasteiger partial charge in [0.2, 0.25) is 0 Å². The van der Waals surface area contributed by atoms with Gasteiger partial charge >= 0.3 is 5.63 Å². The summed E-state index contributed by atoms with van der Waals surface area (Å²) in [6.45, 7) is 6.28. The first-order valence-corrected chi connectivity index (χ1v) is 10.5. The monoisotopic (exact) mass is 401 g/mol. The molecule has 5 heterocycles. The molecule has 1 aromatic carbocycles. The van der Waals surface area contributed by atoms with E-state index in [1.54, 1.807) is 6.20 Å². The number of imidazole rings is 1. The maximum atomic E-state index is 12.8. The fourth-order valence-corrected chi connectivity index (χ4v) is 4.84. The van der Waals surface area contributed by atoms with E-state index < -0.39 is 0 Å². The van der Waals surface area contributed by atoms with Crippen LogP contribution in [0.2, 0.25) is 0 Å². The molecule has 2 aliphatic rings. The van der Waals surface area contributed by atoms with Crippen LogP contribution in [0.25, 0.3) is 27.9 Å². The fraction of sp³-hybridized carbons (Fsp3) is 0.348. The standard InChI is InChI=1S/C23H23N5O2/c1-15-12-28-14-20(25-22(28)11-24-15)21-9-16-4-5-17(10-19(16)23(29)30-21)27-8-7-26-6-2-3-18(26)13-27/h4-5,9-12,14,18H,2-3,6-8,13H2,1H3/t18-/m1/s1. The Morgan fingerprint density at radius 1 is 1.13 bits per heavy atom. The van der Waals surface area contributed by atoms with Crippen molar-refractivity contribution in [2.75, 3.05) is 31.1 Å². The molecule has 2 aliphatic heterocycles. The summed E-state index contributed by atoms with van der Waals surface area (Å²) in [5, 5.41) is 1.49. The van der Waals surface area contributed by atoms with Crippen molar-refractivity contribution in [3.63, 3.8) is 0 Å². The number of fused-ring (bicyclic) bond motifs is 3. The number of hydrogen-bond acceptors (Lipinski definition) is 6. The second kappa shape index (κ2) is 6.67. The van der Waals surface area contributed by atoms with E-state index in [4.69, 9.17) is 4.42 Å². The molecule has 6 rings (SSSR count). The van der Waals surface area contributed by atoms with Gasteiger partial charge in [0.05, 0.1) is 17.3 Å². The minimum Gasteiger partial charge on any atom is -0.421 e. The van der Waals surface area contributed by atoms with Gasteiger partial charge in [-0.15, -0.1) is 0 Å². The number of hydrogen-bond donors (Lipinski definition) is 0. The van der Waals surface area contributed by atoms with Crippen LogP contribution >= 0.6 is 0 Å². The molecule has 0 spiro atoms. The van der Waals surface area contributed by atoms with Crippen molar-refractivity contribution in [1.82, 2.24) is 19.3 Å². The van der Waals surface area contributed by atoms with Gasteiger partial charge in [-0.1, -0.05) is 6.07 Å². The zero-order valence-electron chi connectivity index (χ0n) is 16.9. The summed E-state index contributed by atoms with van der Waals surface area (Å²) in [7, 11) is 0. The number of aromatic nitrogens is 3. The normalized spacial score (nSPS) is 19.6. The number of anilines is 1. The third-order valence-electron chi connectivity index (χ3n) is 6.42. The highest BCUT2D eigenvalue weighted by Gasteiger charge is 2.30. The largest absolute Gasteiger partial charge is 0.421 e. The Labute approximate surface area is 173 Å². The van der Waals surface area contributed by atoms with Crippen molar-refractivity contribution in [1.29, 1.82) is 0 Å². The highest BCUT2D eigenvalue weighted by atomic mass is 16.4. The molecule has 1 atom stereocenters. The molecular weight excluding hydrogens is 378 g/mol. The molecule has 7 nitrogen and oxygen atoms in total. The van der Waals surface area contributed by atoms with Gasteiger partial charge < -0.3 is 13.7 Å². The molecule has 2 saturated heterocycles. The average Bonchev–Trinajstić information content (AvgIpc) is 3.39. The third-order valence-corrected chi connectivity index (χ3v) is 6.42. The zero-order chi connectivity index (χ0) is 20.2. The van der Waals surface area contributed by atoms with Crippen LogP contribution in [0.3, 0.4) is 0 Å². The van der Waals surface area contributed by atoms with Gasteiger partial charge in [-0.05, 0) is 49.9 Å². The van der Waals surface area contributed by atoms with Gasteiger partial charge in [0.15, 0.2) is 11.4 Å². The summed E-state index contributed by atoms with van der Waals surface area (Å²) in [5.74, 6) is 0.473. The van der Waals surface area contributed by atoms with Gasteiger partial charge in [0.25, 0.3) is 0 Å². The van der Waals surface area contributed by atoms with Crippen LogP contribution in [0.5, 0.6) is 0 Å². The molecule has 4 aromatic rings. The molecule has 0 amide bonds. The van der Waals surface area contributed by atoms with Crippen molar-refractivity contribution in [3.8, 4) is 11.5 Å². The highest BCUT2D eigenvalue weighted by molar-refractivity contribution is 5.87. The lowest BCUT2D eigenvalue weighted by Crippen LogP contribution is -2.50. The first-order valence-electron chi connectivity index (χ1n) is 10.5. The molecule has 30 heavy (non-hydrogen) atoms. The smallest absolute Gasteiger partial charge is 0.344 e. The molecule has 3 aromatic heterocycles. The van der Waals surface area contributed by atoms with E-state index in [1.165, 1.54) is 19.4 Å². The summed E-state index contributed by atoms with van der Waals surface area (Å²) in [6, 6.07) is 8.66. The van der Waals surface area contributed by atoms with Crippen molar-refractivity contribution in [2.24, 2.45) is 0 Å². The second-order valence-corrected chi connectivity index (χ2v) is 8.37. The van der Waals surface area contributed by atoms with Gasteiger partial charge in [0.1, 0.15) is 5.69 Å². The maximum absolute atomic E-state index is 12.8. The summed E-state index contributed by atoms with van der Waals surface area (Å²) < 4.78 is 7.57. The van der Waals surface area contributed by atoms with E-state index in [1.807, 2.05) is 41.9 Å². The summed E-state index contributed by atoms with van der Waals surface area (Å²) in [5.41, 5.74) is 3.03. The number of benzene rings is 1. The van der Waals surface area contributed by atoms with Crippen LogP contribution in [0.15, 0.2) is 52.1 Å². The van der Waals surface area contributed by atoms with Crippen molar-refractivity contribution < 1.29 is 4.42 Å². The van der Waals surface area contributed by atoms with Crippen LogP contribution in [-0.2, 0) is 0 Å². The molecule has 0 radical (unpaired) electrons. The average molecular weight is 401 g/mol. The minimum atomic E-state index is -0.324. The number of piperazine rings is 1. The molecule has 0 N–H and O–H groups in total. The van der Waals surface area contributed by atoms with Crippen LogP contribution in [0.1, 0.15) is 18.5 Å². The predicted octanol–water partition coefficient (Wildman–Crippen LogP) is 3.10. The van der Waals surface area contributed by atoms with E-state index in [0.717, 1.165) is 42.0 Å². The number of rotatable bonds is 2. The lowest BCUT2D eigenvalue weighted by Gasteiger charge is -2.38. The molecule has 0 bridgehead atoms. The Balaban J connectivity index is 1.36. The Bertz CT molecular complexity index is 1320. The van der Waals surface area contributed by atoms with Gasteiger partial charge in [-0.2, -0.15) is 0 Å². The second-order valence-electron chi connectivity index (χ2n) is 8.37. The van der Waals surface area contributed by atoms with E-state index in [2.05, 4.69) is 25.8 Å². The first kappa shape index (κ1) is 17.7. The maximum Gasteiger partial charge on any atom is 0.344 e. The highest BCUT2D eigenvalue weighted by Crippen LogP contribution is 2.28. The van der Waals surface area contributed by atoms with E-state index in [9.17, 15) is 4.79 Å². The van der Waals surface area contributed by atoms with E-state index >= 15 is 0 Å². The van der Waals surface area contributed by atoms with Crippen molar-refractivity contribution in [2.45, 2.75) is 25.8 Å². The van der Waals surface area contributed by atoms with Gasteiger partial charge in [0, 0.05) is 43.8 Å². The van der Waals surface area contributed by atoms with Gasteiger partial charge in [-0.3, -0.25) is 9.88 Å². The fourth-order valence-electron chi connectivity index (χ4n) is 4.84. The van der Waals surface area contributed by atoms with Crippen LogP contribution in [-0.4, -0.2) is 51.5 Å². The zero-order valence-corrected chi connectivity index (χ0v) is 16.9. The number of nitrogens with zero attached hydrogens (tertiary/aromatic N) is 5. The topological polar surface area (TPSA) is 66.9 Å². The van der Waals surface area contributed by atoms with Gasteiger partial charge in [-0.25, -0.2) is 9.78 Å². The molecule has 0 unspecified atom stereocenters. The molecular formula is C23H23N5O2. The molecule has 152 valence electrons. The molecule has 0 saturated carbocycles. The molecule has 2 fully saturated rings. The Hall–Kier alpha value is -3.19.